The Morgan fingerprint density at radius 3 is 2.79 bits per heavy atom. The van der Waals surface area contributed by atoms with Gasteiger partial charge in [0.1, 0.15) is 40.2 Å². The molecule has 6 rings (SSSR count). The summed E-state index contributed by atoms with van der Waals surface area (Å²) in [6, 6.07) is 4.63. The van der Waals surface area contributed by atoms with E-state index >= 15 is 0 Å². The van der Waals surface area contributed by atoms with Gasteiger partial charge in [-0.1, -0.05) is 6.07 Å². The number of benzene rings is 1. The number of amides is 1. The van der Waals surface area contributed by atoms with Crippen LogP contribution < -0.4 is 10.5 Å². The van der Waals surface area contributed by atoms with Gasteiger partial charge in [-0.2, -0.15) is 13.2 Å². The second kappa shape index (κ2) is 7.05. The lowest BCUT2D eigenvalue weighted by Gasteiger charge is -2.36. The van der Waals surface area contributed by atoms with Crippen molar-refractivity contribution >= 4 is 28.3 Å². The molecule has 0 radical (unpaired) electrons. The first kappa shape index (κ1) is 20.7. The number of piperidine rings is 1. The van der Waals surface area contributed by atoms with Crippen molar-refractivity contribution in [2.45, 2.75) is 38.1 Å². The van der Waals surface area contributed by atoms with Crippen molar-refractivity contribution in [2.75, 3.05) is 12.3 Å². The average molecular weight is 468 g/mol. The molecule has 2 N–H and O–H groups in total. The lowest BCUT2D eigenvalue weighted by Crippen LogP contribution is -2.44. The minimum atomic E-state index is -4.47. The Labute approximate surface area is 191 Å². The molecule has 2 aliphatic heterocycles. The summed E-state index contributed by atoms with van der Waals surface area (Å²) in [4.78, 5) is 28.2. The molecule has 1 aromatic carbocycles. The summed E-state index contributed by atoms with van der Waals surface area (Å²) in [7, 11) is 0. The lowest BCUT2D eigenvalue weighted by atomic mass is 9.93. The van der Waals surface area contributed by atoms with E-state index in [9.17, 15) is 18.0 Å². The van der Waals surface area contributed by atoms with Crippen molar-refractivity contribution in [3.8, 4) is 5.75 Å². The highest BCUT2D eigenvalue weighted by Gasteiger charge is 2.44. The van der Waals surface area contributed by atoms with Crippen molar-refractivity contribution in [1.29, 1.82) is 0 Å². The van der Waals surface area contributed by atoms with Gasteiger partial charge in [-0.3, -0.25) is 9.20 Å². The van der Waals surface area contributed by atoms with Crippen molar-refractivity contribution in [1.82, 2.24) is 24.3 Å². The third-order valence-corrected chi connectivity index (χ3v) is 6.54. The molecule has 11 heteroatoms. The molecule has 174 valence electrons. The van der Waals surface area contributed by atoms with Crippen LogP contribution in [-0.2, 0) is 6.18 Å². The molecule has 0 unspecified atom stereocenters. The molecule has 5 heterocycles. The number of fused-ring (bicyclic) bond motifs is 6. The number of anilines is 1. The monoisotopic (exact) mass is 468 g/mol. The molecular weight excluding hydrogens is 449 g/mol. The Bertz CT molecular complexity index is 1480. The number of pyridine rings is 1. The number of nitrogens with zero attached hydrogens (tertiary/aromatic N) is 5. The van der Waals surface area contributed by atoms with Crippen molar-refractivity contribution in [3.63, 3.8) is 0 Å². The van der Waals surface area contributed by atoms with Gasteiger partial charge in [0.25, 0.3) is 5.91 Å². The number of carbonyl (C=O) groups excluding carboxylic acids is 1. The first-order valence-electron chi connectivity index (χ1n) is 10.8. The topological polar surface area (TPSA) is 98.6 Å². The SMILES string of the molecule is Cc1ncc2c(N)nc3cnc(C(=O)N4CCC[C@@H]5Oc6cc(C(F)(F)F)ccc6[C@@H]54)cc3n12. The van der Waals surface area contributed by atoms with Gasteiger partial charge < -0.3 is 15.4 Å². The fourth-order valence-electron chi connectivity index (χ4n) is 4.98. The maximum Gasteiger partial charge on any atom is 0.416 e. The van der Waals surface area contributed by atoms with Gasteiger partial charge in [-0.15, -0.1) is 0 Å². The summed E-state index contributed by atoms with van der Waals surface area (Å²) in [5.41, 5.74) is 7.84. The number of likely N-dealkylation sites (tertiary alicyclic amines) is 1. The van der Waals surface area contributed by atoms with E-state index in [0.29, 0.717) is 53.1 Å². The molecule has 0 saturated carbocycles. The fourth-order valence-corrected chi connectivity index (χ4v) is 4.98. The molecular formula is C23H19F3N6O2. The number of aryl methyl sites for hydroxylation is 1. The minimum Gasteiger partial charge on any atom is -0.488 e. The Morgan fingerprint density at radius 1 is 1.18 bits per heavy atom. The highest BCUT2D eigenvalue weighted by atomic mass is 19.4. The Balaban J connectivity index is 1.41. The average Bonchev–Trinajstić information content (AvgIpc) is 3.38. The number of imidazole rings is 1. The second-order valence-electron chi connectivity index (χ2n) is 8.57. The molecule has 1 fully saturated rings. The number of hydrogen-bond acceptors (Lipinski definition) is 6. The zero-order chi connectivity index (χ0) is 23.8. The van der Waals surface area contributed by atoms with E-state index in [1.54, 1.807) is 17.2 Å². The van der Waals surface area contributed by atoms with E-state index in [1.165, 1.54) is 12.3 Å². The second-order valence-corrected chi connectivity index (χ2v) is 8.57. The summed E-state index contributed by atoms with van der Waals surface area (Å²) in [6.07, 6.45) is -0.438. The highest BCUT2D eigenvalue weighted by molar-refractivity contribution is 5.96. The van der Waals surface area contributed by atoms with Crippen molar-refractivity contribution in [2.24, 2.45) is 0 Å². The first-order valence-corrected chi connectivity index (χ1v) is 10.8. The number of halogens is 3. The molecule has 0 spiro atoms. The molecule has 3 aromatic heterocycles. The maximum atomic E-state index is 13.6. The van der Waals surface area contributed by atoms with Crippen LogP contribution in [0.4, 0.5) is 19.0 Å². The van der Waals surface area contributed by atoms with Crippen LogP contribution in [0.15, 0.2) is 36.7 Å². The van der Waals surface area contributed by atoms with Gasteiger partial charge in [0.15, 0.2) is 0 Å². The molecule has 8 nitrogen and oxygen atoms in total. The van der Waals surface area contributed by atoms with E-state index in [4.69, 9.17) is 10.5 Å². The largest absolute Gasteiger partial charge is 0.488 e. The van der Waals surface area contributed by atoms with E-state index in [1.807, 2.05) is 11.3 Å². The zero-order valence-electron chi connectivity index (χ0n) is 18.0. The summed E-state index contributed by atoms with van der Waals surface area (Å²) >= 11 is 0. The fraction of sp³-hybridized carbons (Fsp3) is 0.304. The number of nitrogens with two attached hydrogens (primary N) is 1. The summed E-state index contributed by atoms with van der Waals surface area (Å²) < 4.78 is 47.2. The molecule has 2 atom stereocenters. The molecule has 2 aliphatic rings. The number of nitrogen functional groups attached to an aromatic ring is 1. The van der Waals surface area contributed by atoms with Gasteiger partial charge in [-0.25, -0.2) is 15.0 Å². The van der Waals surface area contributed by atoms with Crippen LogP contribution in [0.1, 0.15) is 46.3 Å². The quantitative estimate of drug-likeness (QED) is 0.455. The number of carbonyl (C=O) groups is 1. The number of rotatable bonds is 1. The Morgan fingerprint density at radius 2 is 2.00 bits per heavy atom. The van der Waals surface area contributed by atoms with Crippen LogP contribution in [0, 0.1) is 6.92 Å². The summed E-state index contributed by atoms with van der Waals surface area (Å²) in [5.74, 6) is 0.850. The third kappa shape index (κ3) is 2.99. The van der Waals surface area contributed by atoms with Gasteiger partial charge in [0, 0.05) is 12.1 Å². The van der Waals surface area contributed by atoms with Crippen LogP contribution in [0.5, 0.6) is 5.75 Å². The highest BCUT2D eigenvalue weighted by Crippen LogP contribution is 2.46. The lowest BCUT2D eigenvalue weighted by molar-refractivity contribution is -0.137. The maximum absolute atomic E-state index is 13.6. The van der Waals surface area contributed by atoms with Gasteiger partial charge in [0.2, 0.25) is 0 Å². The molecule has 1 saturated heterocycles. The van der Waals surface area contributed by atoms with Gasteiger partial charge in [0.05, 0.1) is 29.5 Å². The van der Waals surface area contributed by atoms with E-state index in [-0.39, 0.29) is 17.4 Å². The van der Waals surface area contributed by atoms with E-state index in [0.717, 1.165) is 12.1 Å². The molecule has 4 aromatic rings. The van der Waals surface area contributed by atoms with Crippen molar-refractivity contribution < 1.29 is 22.7 Å². The predicted octanol–water partition coefficient (Wildman–Crippen LogP) is 3.93. The summed E-state index contributed by atoms with van der Waals surface area (Å²) in [5, 5.41) is 0. The van der Waals surface area contributed by atoms with Gasteiger partial charge in [-0.05, 0) is 38.0 Å². The first-order chi connectivity index (χ1) is 16.2. The summed E-state index contributed by atoms with van der Waals surface area (Å²) in [6.45, 7) is 2.27. The van der Waals surface area contributed by atoms with E-state index < -0.39 is 23.9 Å². The van der Waals surface area contributed by atoms with Crippen molar-refractivity contribution in [3.05, 3.63) is 59.3 Å². The van der Waals surface area contributed by atoms with Crippen LogP contribution in [-0.4, -0.2) is 42.8 Å². The third-order valence-electron chi connectivity index (χ3n) is 6.54. The molecule has 34 heavy (non-hydrogen) atoms. The van der Waals surface area contributed by atoms with E-state index in [2.05, 4.69) is 15.0 Å². The number of ether oxygens (including phenoxy) is 1. The Kier molecular flexibility index (Phi) is 4.29. The normalized spacial score (nSPS) is 19.8. The molecule has 0 bridgehead atoms. The Hall–Kier alpha value is -3.89. The standard InChI is InChI=1S/C23H19F3N6O2/c1-11-28-10-17-21(27)30-15-9-29-14(8-16(15)32(11)17)22(33)31-6-2-3-18-20(31)13-5-4-12(23(24,25)26)7-19(13)34-18/h4-5,7-10,18,20H,2-3,6H2,1H3,(H2,27,30)/t18-,20-/m0/s1. The minimum absolute atomic E-state index is 0.173. The van der Waals surface area contributed by atoms with Crippen LogP contribution in [0.2, 0.25) is 0 Å². The zero-order valence-corrected chi connectivity index (χ0v) is 18.0. The van der Waals surface area contributed by atoms with Gasteiger partial charge >= 0.3 is 6.18 Å². The molecule has 0 aliphatic carbocycles. The molecule has 1 amide bonds. The van der Waals surface area contributed by atoms with Crippen LogP contribution >= 0.6 is 0 Å². The van der Waals surface area contributed by atoms with Crippen LogP contribution in [0.25, 0.3) is 16.6 Å². The number of alkyl halides is 3. The number of hydrogen-bond donors (Lipinski definition) is 1. The smallest absolute Gasteiger partial charge is 0.416 e. The van der Waals surface area contributed by atoms with Crippen LogP contribution in [0.3, 0.4) is 0 Å². The predicted molar refractivity (Wildman–Crippen MR) is 116 cm³/mol. The number of aromatic nitrogens is 4.